The van der Waals surface area contributed by atoms with Crippen molar-refractivity contribution in [2.45, 2.75) is 57.7 Å². The van der Waals surface area contributed by atoms with Gasteiger partial charge in [0.2, 0.25) is 5.72 Å². The van der Waals surface area contributed by atoms with E-state index in [1.165, 1.54) is 43.2 Å². The molecule has 0 saturated carbocycles. The highest BCUT2D eigenvalue weighted by atomic mass is 16.5. The molecule has 0 bridgehead atoms. The lowest BCUT2D eigenvalue weighted by Gasteiger charge is -2.57. The number of benzene rings is 2. The monoisotopic (exact) mass is 534 g/mol. The first-order valence-corrected chi connectivity index (χ1v) is 13.3. The second-order valence-corrected chi connectivity index (χ2v) is 10.8. The Labute approximate surface area is 226 Å². The molecule has 4 heterocycles. The standard InChI is InChI=1S/C21H26N2O3.C9H8O4/c1-3-20-10-6-11-22-12-9-15-14-7-4-5-8-16(14)23(17(15)18(20)22)21(25,13-20)19(24)26-2;1-5(10)6-3-2-4-7(8(6)11)9(12)13/h4-5,7-8,18,25H,3,6,9-13H2,1-2H3;2-4,11H,1H3,(H,12,13)/t18-,20+,21+;/m1./s1. The van der Waals surface area contributed by atoms with Crippen LogP contribution in [0.25, 0.3) is 10.9 Å². The number of para-hydroxylation sites is 2. The van der Waals surface area contributed by atoms with Gasteiger partial charge in [0.25, 0.3) is 0 Å². The summed E-state index contributed by atoms with van der Waals surface area (Å²) in [6, 6.07) is 12.5. The minimum atomic E-state index is -1.63. The topological polar surface area (TPSA) is 129 Å². The van der Waals surface area contributed by atoms with E-state index in [0.717, 1.165) is 50.0 Å². The molecule has 3 aliphatic heterocycles. The lowest BCUT2D eigenvalue weighted by Crippen LogP contribution is -2.60. The van der Waals surface area contributed by atoms with Crippen LogP contribution in [0.15, 0.2) is 42.5 Å². The van der Waals surface area contributed by atoms with Gasteiger partial charge in [-0.2, -0.15) is 0 Å². The third-order valence-electron chi connectivity index (χ3n) is 8.82. The number of hydrogen-bond acceptors (Lipinski definition) is 7. The summed E-state index contributed by atoms with van der Waals surface area (Å²) in [6.07, 6.45) is 4.52. The number of ether oxygens (including phenoxy) is 1. The lowest BCUT2D eigenvalue weighted by atomic mass is 9.62. The summed E-state index contributed by atoms with van der Waals surface area (Å²) in [5, 5.41) is 30.8. The van der Waals surface area contributed by atoms with Crippen molar-refractivity contribution in [1.29, 1.82) is 0 Å². The molecule has 2 aromatic carbocycles. The van der Waals surface area contributed by atoms with Gasteiger partial charge in [0, 0.05) is 24.0 Å². The molecule has 3 aromatic rings. The number of carbonyl (C=O) groups excluding carboxylic acids is 2. The molecular formula is C30H34N2O7. The molecule has 3 aliphatic rings. The smallest absolute Gasteiger partial charge is 0.359 e. The van der Waals surface area contributed by atoms with Gasteiger partial charge >= 0.3 is 11.9 Å². The van der Waals surface area contributed by atoms with Gasteiger partial charge in [0.1, 0.15) is 11.3 Å². The summed E-state index contributed by atoms with van der Waals surface area (Å²) < 4.78 is 7.01. The average molecular weight is 535 g/mol. The number of fused-ring (bicyclic) bond motifs is 3. The molecule has 1 fully saturated rings. The number of Topliss-reactive ketones (excluding diaryl/α,β-unsaturated/α-hetero) is 1. The van der Waals surface area contributed by atoms with E-state index in [1.807, 2.05) is 22.8 Å². The fraction of sp³-hybridized carbons (Fsp3) is 0.433. The number of hydrogen-bond donors (Lipinski definition) is 3. The largest absolute Gasteiger partial charge is 0.506 e. The van der Waals surface area contributed by atoms with Gasteiger partial charge in [0.15, 0.2) is 5.78 Å². The molecule has 0 amide bonds. The van der Waals surface area contributed by atoms with Crippen LogP contribution in [-0.2, 0) is 21.7 Å². The zero-order valence-electron chi connectivity index (χ0n) is 22.4. The number of aromatic hydroxyl groups is 1. The molecule has 9 heteroatoms. The van der Waals surface area contributed by atoms with E-state index in [2.05, 4.69) is 17.9 Å². The van der Waals surface area contributed by atoms with Gasteiger partial charge in [-0.25, -0.2) is 9.59 Å². The first kappa shape index (κ1) is 26.9. The number of esters is 1. The van der Waals surface area contributed by atoms with Crippen LogP contribution in [0, 0.1) is 5.41 Å². The van der Waals surface area contributed by atoms with Gasteiger partial charge in [0.05, 0.1) is 24.2 Å². The zero-order chi connectivity index (χ0) is 28.1. The maximum atomic E-state index is 12.8. The summed E-state index contributed by atoms with van der Waals surface area (Å²) >= 11 is 0. The summed E-state index contributed by atoms with van der Waals surface area (Å²) in [7, 11) is 1.37. The van der Waals surface area contributed by atoms with Crippen molar-refractivity contribution in [2.75, 3.05) is 20.2 Å². The van der Waals surface area contributed by atoms with Crippen LogP contribution in [0.3, 0.4) is 0 Å². The molecule has 3 N–H and O–H groups in total. The van der Waals surface area contributed by atoms with Crippen molar-refractivity contribution in [2.24, 2.45) is 5.41 Å². The van der Waals surface area contributed by atoms with Crippen LogP contribution in [0.5, 0.6) is 5.75 Å². The number of methoxy groups -OCH3 is 1. The van der Waals surface area contributed by atoms with Crippen molar-refractivity contribution < 1.29 is 34.4 Å². The van der Waals surface area contributed by atoms with Gasteiger partial charge in [-0.15, -0.1) is 0 Å². The molecule has 1 aromatic heterocycles. The Morgan fingerprint density at radius 3 is 2.46 bits per heavy atom. The highest BCUT2D eigenvalue weighted by molar-refractivity contribution is 6.01. The number of carbonyl (C=O) groups is 3. The van der Waals surface area contributed by atoms with E-state index >= 15 is 0 Å². The summed E-state index contributed by atoms with van der Waals surface area (Å²) in [5.74, 6) is -2.63. The third kappa shape index (κ3) is 4.03. The number of nitrogens with zero attached hydrogens (tertiary/aromatic N) is 2. The maximum absolute atomic E-state index is 12.8. The molecule has 0 aliphatic carbocycles. The first-order valence-electron chi connectivity index (χ1n) is 13.3. The Balaban J connectivity index is 0.000000201. The Morgan fingerprint density at radius 2 is 1.79 bits per heavy atom. The lowest BCUT2D eigenvalue weighted by molar-refractivity contribution is -0.194. The average Bonchev–Trinajstić information content (AvgIpc) is 3.28. The van der Waals surface area contributed by atoms with Crippen LogP contribution in [0.4, 0.5) is 0 Å². The maximum Gasteiger partial charge on any atom is 0.359 e. The Kier molecular flexibility index (Phi) is 6.76. The van der Waals surface area contributed by atoms with Gasteiger partial charge in [-0.05, 0) is 68.3 Å². The van der Waals surface area contributed by atoms with Crippen molar-refractivity contribution in [3.8, 4) is 5.75 Å². The molecular weight excluding hydrogens is 500 g/mol. The van der Waals surface area contributed by atoms with Crippen LogP contribution in [0.2, 0.25) is 0 Å². The van der Waals surface area contributed by atoms with Crippen LogP contribution in [-0.4, -0.2) is 62.7 Å². The Bertz CT molecular complexity index is 1450. The number of phenols is 1. The Morgan fingerprint density at radius 1 is 1.08 bits per heavy atom. The summed E-state index contributed by atoms with van der Waals surface area (Å²) in [6.45, 7) is 5.63. The first-order chi connectivity index (χ1) is 18.6. The predicted octanol–water partition coefficient (Wildman–Crippen LogP) is 4.25. The zero-order valence-corrected chi connectivity index (χ0v) is 22.4. The van der Waals surface area contributed by atoms with Crippen LogP contribution in [0.1, 0.15) is 77.5 Å². The van der Waals surface area contributed by atoms with E-state index < -0.39 is 23.4 Å². The number of carboxylic acids is 1. The molecule has 0 unspecified atom stereocenters. The molecule has 9 nitrogen and oxygen atoms in total. The van der Waals surface area contributed by atoms with E-state index in [4.69, 9.17) is 9.84 Å². The molecule has 206 valence electrons. The van der Waals surface area contributed by atoms with Crippen molar-refractivity contribution in [1.82, 2.24) is 9.47 Å². The number of aliphatic hydroxyl groups is 1. The number of aromatic nitrogens is 1. The number of carboxylic acid groups (broad SMARTS) is 1. The van der Waals surface area contributed by atoms with E-state index in [1.54, 1.807) is 0 Å². The Hall–Kier alpha value is -3.69. The highest BCUT2D eigenvalue weighted by Gasteiger charge is 2.60. The summed E-state index contributed by atoms with van der Waals surface area (Å²) in [5.41, 5.74) is 1.46. The number of piperidine rings is 1. The quantitative estimate of drug-likeness (QED) is 0.335. The van der Waals surface area contributed by atoms with Gasteiger partial charge in [-0.3, -0.25) is 9.69 Å². The fourth-order valence-corrected chi connectivity index (χ4v) is 7.10. The second-order valence-electron chi connectivity index (χ2n) is 10.8. The van der Waals surface area contributed by atoms with Gasteiger partial charge in [-0.1, -0.05) is 31.2 Å². The number of aromatic carboxylic acids is 1. The molecule has 39 heavy (non-hydrogen) atoms. The molecule has 1 saturated heterocycles. The third-order valence-corrected chi connectivity index (χ3v) is 8.82. The minimum Gasteiger partial charge on any atom is -0.506 e. The molecule has 0 spiro atoms. The van der Waals surface area contributed by atoms with Crippen LogP contribution >= 0.6 is 0 Å². The van der Waals surface area contributed by atoms with Crippen molar-refractivity contribution >= 4 is 28.6 Å². The number of ketones is 1. The number of rotatable bonds is 4. The van der Waals surface area contributed by atoms with E-state index in [0.29, 0.717) is 6.42 Å². The van der Waals surface area contributed by atoms with E-state index in [9.17, 15) is 24.6 Å². The normalized spacial score (nSPS) is 25.3. The fourth-order valence-electron chi connectivity index (χ4n) is 7.10. The van der Waals surface area contributed by atoms with E-state index in [-0.39, 0.29) is 28.4 Å². The highest BCUT2D eigenvalue weighted by Crippen LogP contribution is 2.60. The SMILES string of the molecule is CC(=O)c1cccc(C(=O)O)c1O.CC[C@]12CCCN3CCc4c(n(c5ccccc45)[C@@](O)(C(=O)OC)C1)[C@@H]32. The second kappa shape index (κ2) is 9.81. The van der Waals surface area contributed by atoms with Crippen LogP contribution < -0.4 is 0 Å². The minimum absolute atomic E-state index is 0.0277. The summed E-state index contributed by atoms with van der Waals surface area (Å²) in [4.78, 5) is 36.8. The van der Waals surface area contributed by atoms with Crippen molar-refractivity contribution in [3.05, 3.63) is 64.8 Å². The van der Waals surface area contributed by atoms with Gasteiger partial charge < -0.3 is 24.6 Å². The molecule has 0 radical (unpaired) electrons. The van der Waals surface area contributed by atoms with Crippen molar-refractivity contribution in [3.63, 3.8) is 0 Å². The molecule has 3 atom stereocenters. The predicted molar refractivity (Wildman–Crippen MR) is 144 cm³/mol. The molecule has 6 rings (SSSR count).